The van der Waals surface area contributed by atoms with E-state index >= 15 is 0 Å². The molecule has 1 aromatic heterocycles. The molecule has 0 aliphatic rings. The molecular weight excluding hydrogens is 432 g/mol. The number of ether oxygens (including phenoxy) is 1. The number of benzene rings is 2. The van der Waals surface area contributed by atoms with Gasteiger partial charge in [-0.15, -0.1) is 11.3 Å². The first-order chi connectivity index (χ1) is 15.7. The Hall–Kier alpha value is -3.12. The Morgan fingerprint density at radius 2 is 1.48 bits per heavy atom. The second-order valence-electron chi connectivity index (χ2n) is 9.00. The topological polar surface area (TPSA) is 49.9 Å². The molecule has 0 spiro atoms. The van der Waals surface area contributed by atoms with E-state index in [1.807, 2.05) is 86.3 Å². The Morgan fingerprint density at radius 3 is 2.06 bits per heavy atom. The van der Waals surface area contributed by atoms with Crippen LogP contribution >= 0.6 is 11.3 Å². The Morgan fingerprint density at radius 1 is 0.848 bits per heavy atom. The van der Waals surface area contributed by atoms with Crippen LogP contribution in [0.25, 0.3) is 0 Å². The van der Waals surface area contributed by atoms with Crippen LogP contribution in [0, 0.1) is 6.92 Å². The minimum Gasteiger partial charge on any atom is -0.484 e. The first kappa shape index (κ1) is 24.5. The van der Waals surface area contributed by atoms with E-state index in [1.54, 1.807) is 16.2 Å². The molecule has 174 valence electrons. The van der Waals surface area contributed by atoms with Crippen molar-refractivity contribution in [3.05, 3.63) is 88.1 Å². The maximum absolute atomic E-state index is 13.5. The van der Waals surface area contributed by atoms with E-state index in [-0.39, 0.29) is 25.0 Å². The van der Waals surface area contributed by atoms with Gasteiger partial charge in [-0.2, -0.15) is 0 Å². The van der Waals surface area contributed by atoms with Crippen molar-refractivity contribution >= 4 is 23.2 Å². The predicted molar refractivity (Wildman–Crippen MR) is 133 cm³/mol. The molecule has 0 saturated heterocycles. The summed E-state index contributed by atoms with van der Waals surface area (Å²) in [4.78, 5) is 32.3. The molecule has 5 nitrogen and oxygen atoms in total. The summed E-state index contributed by atoms with van der Waals surface area (Å²) in [7, 11) is 0. The summed E-state index contributed by atoms with van der Waals surface area (Å²) in [6.45, 7) is 8.75. The zero-order valence-electron chi connectivity index (χ0n) is 19.8. The van der Waals surface area contributed by atoms with Gasteiger partial charge in [0, 0.05) is 21.8 Å². The quantitative estimate of drug-likeness (QED) is 0.432. The van der Waals surface area contributed by atoms with Gasteiger partial charge in [0.25, 0.3) is 5.91 Å². The molecular formula is C27H32N2O3S. The van der Waals surface area contributed by atoms with Gasteiger partial charge in [0.2, 0.25) is 5.91 Å². The molecule has 1 heterocycles. The molecule has 0 atom stereocenters. The van der Waals surface area contributed by atoms with Crippen LogP contribution < -0.4 is 4.74 Å². The van der Waals surface area contributed by atoms with Gasteiger partial charge < -0.3 is 14.5 Å². The Bertz CT molecular complexity index is 1040. The highest BCUT2D eigenvalue weighted by molar-refractivity contribution is 7.11. The highest BCUT2D eigenvalue weighted by Crippen LogP contribution is 2.20. The van der Waals surface area contributed by atoms with Crippen LogP contribution in [0.5, 0.6) is 5.75 Å². The number of carbonyl (C=O) groups excluding carboxylic acids is 2. The summed E-state index contributed by atoms with van der Waals surface area (Å²) in [5, 5.41) is 0. The minimum absolute atomic E-state index is 0.00231. The zero-order chi connectivity index (χ0) is 23.8. The summed E-state index contributed by atoms with van der Waals surface area (Å²) in [5.74, 6) is 0.323. The van der Waals surface area contributed by atoms with E-state index in [1.165, 1.54) is 4.88 Å². The van der Waals surface area contributed by atoms with Crippen molar-refractivity contribution in [2.24, 2.45) is 0 Å². The number of para-hydroxylation sites is 1. The molecule has 6 heteroatoms. The molecule has 0 bridgehead atoms. The van der Waals surface area contributed by atoms with Crippen molar-refractivity contribution in [3.63, 3.8) is 0 Å². The average Bonchev–Trinajstić information content (AvgIpc) is 3.20. The standard InChI is InChI=1S/C27H32N2O3S/c1-21-15-16-24(33-21)18-28(17-22-11-7-5-8-12-22)25(30)19-29(27(2,3)4)26(31)20-32-23-13-9-6-10-14-23/h5-16H,17-20H2,1-4H3. The van der Waals surface area contributed by atoms with E-state index in [9.17, 15) is 9.59 Å². The normalized spacial score (nSPS) is 11.2. The van der Waals surface area contributed by atoms with Gasteiger partial charge in [0.1, 0.15) is 12.3 Å². The first-order valence-electron chi connectivity index (χ1n) is 11.1. The summed E-state index contributed by atoms with van der Waals surface area (Å²) in [6.07, 6.45) is 0. The van der Waals surface area contributed by atoms with E-state index in [2.05, 4.69) is 19.1 Å². The molecule has 0 aliphatic heterocycles. The molecule has 33 heavy (non-hydrogen) atoms. The van der Waals surface area contributed by atoms with Crippen LogP contribution in [-0.2, 0) is 22.7 Å². The van der Waals surface area contributed by atoms with Crippen LogP contribution in [0.2, 0.25) is 0 Å². The third-order valence-corrected chi connectivity index (χ3v) is 6.21. The number of thiophene rings is 1. The lowest BCUT2D eigenvalue weighted by molar-refractivity contribution is -0.146. The molecule has 2 amide bonds. The van der Waals surface area contributed by atoms with Crippen molar-refractivity contribution < 1.29 is 14.3 Å². The third kappa shape index (κ3) is 7.46. The largest absolute Gasteiger partial charge is 0.484 e. The fourth-order valence-corrected chi connectivity index (χ4v) is 4.37. The average molecular weight is 465 g/mol. The smallest absolute Gasteiger partial charge is 0.261 e. The van der Waals surface area contributed by atoms with Crippen molar-refractivity contribution in [2.75, 3.05) is 13.2 Å². The highest BCUT2D eigenvalue weighted by Gasteiger charge is 2.30. The highest BCUT2D eigenvalue weighted by atomic mass is 32.1. The molecule has 0 radical (unpaired) electrons. The van der Waals surface area contributed by atoms with E-state index < -0.39 is 5.54 Å². The van der Waals surface area contributed by atoms with Crippen molar-refractivity contribution in [2.45, 2.75) is 46.3 Å². The lowest BCUT2D eigenvalue weighted by Crippen LogP contribution is -2.52. The Labute approximate surface area is 200 Å². The predicted octanol–water partition coefficient (Wildman–Crippen LogP) is 5.29. The molecule has 0 fully saturated rings. The lowest BCUT2D eigenvalue weighted by Gasteiger charge is -2.36. The number of rotatable bonds is 9. The molecule has 0 saturated carbocycles. The van der Waals surface area contributed by atoms with Crippen LogP contribution in [0.1, 0.15) is 36.1 Å². The van der Waals surface area contributed by atoms with Crippen LogP contribution in [0.3, 0.4) is 0 Å². The van der Waals surface area contributed by atoms with Crippen molar-refractivity contribution in [1.82, 2.24) is 9.80 Å². The number of hydrogen-bond acceptors (Lipinski definition) is 4. The van der Waals surface area contributed by atoms with Gasteiger partial charge >= 0.3 is 0 Å². The molecule has 0 aliphatic carbocycles. The zero-order valence-corrected chi connectivity index (χ0v) is 20.6. The third-order valence-electron chi connectivity index (χ3n) is 5.22. The number of hydrogen-bond donors (Lipinski definition) is 0. The lowest BCUT2D eigenvalue weighted by atomic mass is 10.1. The minimum atomic E-state index is -0.523. The van der Waals surface area contributed by atoms with Crippen LogP contribution in [0.4, 0.5) is 0 Å². The summed E-state index contributed by atoms with van der Waals surface area (Å²) in [6, 6.07) is 23.3. The Kier molecular flexibility index (Phi) is 8.28. The van der Waals surface area contributed by atoms with Crippen molar-refractivity contribution in [3.8, 4) is 5.75 Å². The monoisotopic (exact) mass is 464 g/mol. The van der Waals surface area contributed by atoms with Gasteiger partial charge in [-0.1, -0.05) is 48.5 Å². The summed E-state index contributed by atoms with van der Waals surface area (Å²) >= 11 is 1.69. The van der Waals surface area contributed by atoms with E-state index in [4.69, 9.17) is 4.74 Å². The number of carbonyl (C=O) groups is 2. The second-order valence-corrected chi connectivity index (χ2v) is 10.4. The fourth-order valence-electron chi connectivity index (χ4n) is 3.47. The first-order valence-corrected chi connectivity index (χ1v) is 11.9. The van der Waals surface area contributed by atoms with E-state index in [0.29, 0.717) is 18.8 Å². The Balaban J connectivity index is 1.74. The van der Waals surface area contributed by atoms with Gasteiger partial charge in [-0.25, -0.2) is 0 Å². The maximum atomic E-state index is 13.5. The number of aryl methyl sites for hydroxylation is 1. The maximum Gasteiger partial charge on any atom is 0.261 e. The molecule has 0 N–H and O–H groups in total. The fraction of sp³-hybridized carbons (Fsp3) is 0.333. The SMILES string of the molecule is Cc1ccc(CN(Cc2ccccc2)C(=O)CN(C(=O)COc2ccccc2)C(C)(C)C)s1. The number of nitrogens with zero attached hydrogens (tertiary/aromatic N) is 2. The van der Waals surface area contributed by atoms with Crippen molar-refractivity contribution in [1.29, 1.82) is 0 Å². The molecule has 2 aromatic carbocycles. The van der Waals surface area contributed by atoms with Gasteiger partial charge in [0.15, 0.2) is 6.61 Å². The second kappa shape index (κ2) is 11.1. The molecule has 3 aromatic rings. The van der Waals surface area contributed by atoms with Gasteiger partial charge in [-0.3, -0.25) is 9.59 Å². The van der Waals surface area contributed by atoms with E-state index in [0.717, 1.165) is 10.4 Å². The van der Waals surface area contributed by atoms with Crippen LogP contribution in [-0.4, -0.2) is 40.3 Å². The van der Waals surface area contributed by atoms with Gasteiger partial charge in [0.05, 0.1) is 6.54 Å². The molecule has 3 rings (SSSR count). The summed E-state index contributed by atoms with van der Waals surface area (Å²) < 4.78 is 5.67. The van der Waals surface area contributed by atoms with Crippen LogP contribution in [0.15, 0.2) is 72.8 Å². The number of amides is 2. The summed E-state index contributed by atoms with van der Waals surface area (Å²) in [5.41, 5.74) is 0.533. The molecule has 0 unspecified atom stereocenters. The van der Waals surface area contributed by atoms with Gasteiger partial charge in [-0.05, 0) is 57.5 Å².